The second kappa shape index (κ2) is 7.23. The van der Waals surface area contributed by atoms with E-state index in [2.05, 4.69) is 0 Å². The molecule has 0 amide bonds. The van der Waals surface area contributed by atoms with Gasteiger partial charge in [0.1, 0.15) is 7.14 Å². The van der Waals surface area contributed by atoms with Crippen LogP contribution < -0.4 is 10.6 Å². The normalized spacial score (nSPS) is 14.0. The van der Waals surface area contributed by atoms with Gasteiger partial charge in [-0.3, -0.25) is 0 Å². The Morgan fingerprint density at radius 3 is 1.77 bits per heavy atom. The lowest BCUT2D eigenvalue weighted by Crippen LogP contribution is -2.32. The first-order valence-corrected chi connectivity index (χ1v) is 10.7. The van der Waals surface area contributed by atoms with Gasteiger partial charge in [-0.15, -0.1) is 0 Å². The van der Waals surface area contributed by atoms with Crippen LogP contribution in [0, 0.1) is 13.8 Å². The van der Waals surface area contributed by atoms with Crippen molar-refractivity contribution >= 4 is 17.8 Å². The van der Waals surface area contributed by atoms with E-state index in [0.717, 1.165) is 27.3 Å². The van der Waals surface area contributed by atoms with Crippen LogP contribution in [0.1, 0.15) is 23.6 Å². The molecule has 1 atom stereocenters. The van der Waals surface area contributed by atoms with Crippen molar-refractivity contribution in [2.45, 2.75) is 26.4 Å². The van der Waals surface area contributed by atoms with Crippen LogP contribution in [-0.2, 0) is 10.2 Å². The van der Waals surface area contributed by atoms with Gasteiger partial charge < -0.3 is 9.67 Å². The summed E-state index contributed by atoms with van der Waals surface area (Å²) in [6.45, 7) is 5.75. The molecular weight excluding hydrogens is 339 g/mol. The SMILES string of the molecule is Cc1cccc(P(=O)(CC(C)(O)c2ccccc2)c2cccc(C)c2)c1. The van der Waals surface area contributed by atoms with Crippen LogP contribution >= 0.6 is 7.14 Å². The van der Waals surface area contributed by atoms with Gasteiger partial charge in [-0.25, -0.2) is 0 Å². The van der Waals surface area contributed by atoms with Crippen molar-refractivity contribution in [2.24, 2.45) is 0 Å². The third-order valence-corrected chi connectivity index (χ3v) is 8.05. The molecular formula is C23H25O2P. The maximum absolute atomic E-state index is 14.3. The second-order valence-corrected chi connectivity index (χ2v) is 10.0. The molecule has 0 spiro atoms. The van der Waals surface area contributed by atoms with E-state index in [9.17, 15) is 9.67 Å². The number of benzene rings is 3. The van der Waals surface area contributed by atoms with E-state index in [-0.39, 0.29) is 6.16 Å². The summed E-state index contributed by atoms with van der Waals surface area (Å²) in [5, 5.41) is 12.8. The zero-order valence-electron chi connectivity index (χ0n) is 15.5. The van der Waals surface area contributed by atoms with E-state index in [1.807, 2.05) is 92.7 Å². The fourth-order valence-electron chi connectivity index (χ4n) is 3.36. The van der Waals surface area contributed by atoms with Crippen molar-refractivity contribution in [3.8, 4) is 0 Å². The Kier molecular flexibility index (Phi) is 5.18. The predicted octanol–water partition coefficient (Wildman–Crippen LogP) is 4.53. The minimum atomic E-state index is -3.01. The Balaban J connectivity index is 2.14. The third-order valence-electron chi connectivity index (χ3n) is 4.76. The highest BCUT2D eigenvalue weighted by atomic mass is 31.2. The topological polar surface area (TPSA) is 37.3 Å². The predicted molar refractivity (Wildman–Crippen MR) is 110 cm³/mol. The van der Waals surface area contributed by atoms with Crippen LogP contribution in [0.25, 0.3) is 0 Å². The standard InChI is InChI=1S/C23H25O2P/c1-18-9-7-13-21(15-18)26(25,22-14-8-10-19(2)16-22)17-23(3,24)20-11-5-4-6-12-20/h4-16,24H,17H2,1-3H3. The summed E-state index contributed by atoms with van der Waals surface area (Å²) < 4.78 is 14.3. The van der Waals surface area contributed by atoms with Gasteiger partial charge in [0.05, 0.1) is 5.60 Å². The Bertz CT molecular complexity index is 896. The summed E-state index contributed by atoms with van der Waals surface area (Å²) in [7, 11) is -3.01. The van der Waals surface area contributed by atoms with Crippen molar-refractivity contribution in [1.29, 1.82) is 0 Å². The highest BCUT2D eigenvalue weighted by Gasteiger charge is 2.37. The molecule has 3 aromatic rings. The Morgan fingerprint density at radius 2 is 1.31 bits per heavy atom. The fourth-order valence-corrected chi connectivity index (χ4v) is 6.55. The van der Waals surface area contributed by atoms with Crippen molar-refractivity contribution < 1.29 is 9.67 Å². The molecule has 0 aromatic heterocycles. The lowest BCUT2D eigenvalue weighted by Gasteiger charge is -2.30. The molecule has 1 unspecified atom stereocenters. The molecule has 3 heteroatoms. The van der Waals surface area contributed by atoms with Gasteiger partial charge in [0.2, 0.25) is 0 Å². The van der Waals surface area contributed by atoms with E-state index in [4.69, 9.17) is 0 Å². The molecule has 2 nitrogen and oxygen atoms in total. The third kappa shape index (κ3) is 3.82. The van der Waals surface area contributed by atoms with Gasteiger partial charge in [0.25, 0.3) is 0 Å². The zero-order chi connectivity index (χ0) is 18.8. The molecule has 3 rings (SSSR count). The molecule has 1 N–H and O–H groups in total. The van der Waals surface area contributed by atoms with Crippen LogP contribution in [0.2, 0.25) is 0 Å². The molecule has 0 saturated heterocycles. The molecule has 0 aliphatic rings. The summed E-state index contributed by atoms with van der Waals surface area (Å²) in [5.41, 5.74) is 1.72. The lowest BCUT2D eigenvalue weighted by molar-refractivity contribution is 0.0820. The number of aliphatic hydroxyl groups is 1. The molecule has 134 valence electrons. The quantitative estimate of drug-likeness (QED) is 0.676. The van der Waals surface area contributed by atoms with Crippen molar-refractivity contribution in [3.05, 3.63) is 95.6 Å². The molecule has 0 aliphatic carbocycles. The summed E-state index contributed by atoms with van der Waals surface area (Å²) in [6, 6.07) is 25.1. The van der Waals surface area contributed by atoms with Crippen LogP contribution in [0.5, 0.6) is 0 Å². The summed E-state index contributed by atoms with van der Waals surface area (Å²) in [5.74, 6) is 0. The van der Waals surface area contributed by atoms with E-state index in [0.29, 0.717) is 0 Å². The van der Waals surface area contributed by atoms with Gasteiger partial charge >= 0.3 is 0 Å². The summed E-state index contributed by atoms with van der Waals surface area (Å²) in [6.07, 6.45) is 0.164. The molecule has 0 heterocycles. The van der Waals surface area contributed by atoms with Crippen molar-refractivity contribution in [3.63, 3.8) is 0 Å². The maximum atomic E-state index is 14.3. The van der Waals surface area contributed by atoms with E-state index >= 15 is 0 Å². The summed E-state index contributed by atoms with van der Waals surface area (Å²) in [4.78, 5) is 0. The minimum absolute atomic E-state index is 0.164. The van der Waals surface area contributed by atoms with Crippen LogP contribution in [0.15, 0.2) is 78.9 Å². The first kappa shape index (κ1) is 18.6. The zero-order valence-corrected chi connectivity index (χ0v) is 16.4. The highest BCUT2D eigenvalue weighted by Crippen LogP contribution is 2.48. The average molecular weight is 364 g/mol. The van der Waals surface area contributed by atoms with E-state index in [1.54, 1.807) is 6.92 Å². The Hall–Kier alpha value is -2.15. The van der Waals surface area contributed by atoms with Gasteiger partial charge in [-0.2, -0.15) is 0 Å². The van der Waals surface area contributed by atoms with Gasteiger partial charge in [0, 0.05) is 16.8 Å². The van der Waals surface area contributed by atoms with Crippen LogP contribution in [0.3, 0.4) is 0 Å². The van der Waals surface area contributed by atoms with Gasteiger partial charge in [-0.1, -0.05) is 77.9 Å². The Morgan fingerprint density at radius 1 is 0.808 bits per heavy atom. The smallest absolute Gasteiger partial charge is 0.146 e. The van der Waals surface area contributed by atoms with E-state index in [1.165, 1.54) is 0 Å². The molecule has 0 fully saturated rings. The highest BCUT2D eigenvalue weighted by molar-refractivity contribution is 7.78. The van der Waals surface area contributed by atoms with Crippen LogP contribution in [-0.4, -0.2) is 11.3 Å². The van der Waals surface area contributed by atoms with Crippen LogP contribution in [0.4, 0.5) is 0 Å². The van der Waals surface area contributed by atoms with E-state index < -0.39 is 12.7 Å². The average Bonchev–Trinajstić information content (AvgIpc) is 2.62. The fraction of sp³-hybridized carbons (Fsp3) is 0.217. The largest absolute Gasteiger partial charge is 0.385 e. The molecule has 0 radical (unpaired) electrons. The molecule has 0 saturated carbocycles. The molecule has 0 bridgehead atoms. The lowest BCUT2D eigenvalue weighted by atomic mass is 9.99. The monoisotopic (exact) mass is 364 g/mol. The Labute approximate surface area is 155 Å². The maximum Gasteiger partial charge on any atom is 0.146 e. The number of hydrogen-bond donors (Lipinski definition) is 1. The molecule has 26 heavy (non-hydrogen) atoms. The van der Waals surface area contributed by atoms with Crippen molar-refractivity contribution in [2.75, 3.05) is 6.16 Å². The minimum Gasteiger partial charge on any atom is -0.385 e. The van der Waals surface area contributed by atoms with Crippen molar-refractivity contribution in [1.82, 2.24) is 0 Å². The summed E-state index contributed by atoms with van der Waals surface area (Å²) >= 11 is 0. The molecule has 3 aromatic carbocycles. The van der Waals surface area contributed by atoms with Gasteiger partial charge in [0.15, 0.2) is 0 Å². The first-order chi connectivity index (χ1) is 12.3. The number of aryl methyl sites for hydroxylation is 2. The van der Waals surface area contributed by atoms with Gasteiger partial charge in [-0.05, 0) is 38.5 Å². The second-order valence-electron chi connectivity index (χ2n) is 7.22. The number of hydrogen-bond acceptors (Lipinski definition) is 2. The number of rotatable bonds is 5. The first-order valence-electron chi connectivity index (χ1n) is 8.83. The molecule has 0 aliphatic heterocycles.